The number of fused-ring (bicyclic) bond motifs is 2. The van der Waals surface area contributed by atoms with E-state index < -0.39 is 11.7 Å². The van der Waals surface area contributed by atoms with Crippen molar-refractivity contribution in [3.63, 3.8) is 0 Å². The molecule has 0 aliphatic heterocycles. The third-order valence-electron chi connectivity index (χ3n) is 6.19. The summed E-state index contributed by atoms with van der Waals surface area (Å²) < 4.78 is 10.3. The number of hydrogen-bond donors (Lipinski definition) is 4. The van der Waals surface area contributed by atoms with Crippen LogP contribution in [0.25, 0.3) is 33.1 Å². The lowest BCUT2D eigenvalue weighted by atomic mass is 10.1. The normalized spacial score (nSPS) is 11.0. The first-order valence-electron chi connectivity index (χ1n) is 12.1. The number of nitrogens with zero attached hydrogens (tertiary/aromatic N) is 1. The van der Waals surface area contributed by atoms with Gasteiger partial charge in [0.25, 0.3) is 11.8 Å². The maximum absolute atomic E-state index is 13.1. The molecule has 4 N–H and O–H groups in total. The molecule has 2 heterocycles. The number of hydrogen-bond acceptors (Lipinski definition) is 6. The summed E-state index contributed by atoms with van der Waals surface area (Å²) in [5.74, 6) is -0.839. The van der Waals surface area contributed by atoms with Gasteiger partial charge >= 0.3 is 5.76 Å². The van der Waals surface area contributed by atoms with E-state index in [4.69, 9.17) is 16.3 Å². The minimum absolute atomic E-state index is 0.121. The Balaban J connectivity index is 1.18. The zero-order valence-corrected chi connectivity index (χ0v) is 21.4. The number of H-pyrrole nitrogens is 2. The van der Waals surface area contributed by atoms with E-state index in [1.807, 2.05) is 48.5 Å². The van der Waals surface area contributed by atoms with Crippen LogP contribution in [0.3, 0.4) is 0 Å². The molecule has 6 rings (SSSR count). The van der Waals surface area contributed by atoms with Gasteiger partial charge in [-0.25, -0.2) is 4.79 Å². The van der Waals surface area contributed by atoms with Gasteiger partial charge in [0, 0.05) is 16.0 Å². The second kappa shape index (κ2) is 10.4. The standard InChI is InChI=1S/C29H20ClN5O5/c30-19-9-11-22(21(14-19)27-34-29(38)40-35-27)33-28(37)24-13-18-6-3-7-23(26(18)32-24)31-25(36)15-39-20-10-8-16-4-1-2-5-17(16)12-20/h1-14,32H,15H2,(H,31,36)(H,33,37)(H,34,35,38). The second-order valence-electron chi connectivity index (χ2n) is 8.89. The Morgan fingerprint density at radius 2 is 1.68 bits per heavy atom. The molecule has 6 aromatic rings. The van der Waals surface area contributed by atoms with E-state index in [0.29, 0.717) is 33.2 Å². The number of aromatic amines is 2. The third kappa shape index (κ3) is 5.16. The predicted molar refractivity (Wildman–Crippen MR) is 152 cm³/mol. The van der Waals surface area contributed by atoms with Crippen molar-refractivity contribution < 1.29 is 18.8 Å². The lowest BCUT2D eigenvalue weighted by Gasteiger charge is -2.09. The van der Waals surface area contributed by atoms with Crippen molar-refractivity contribution in [1.82, 2.24) is 15.1 Å². The highest BCUT2D eigenvalue weighted by Gasteiger charge is 2.17. The van der Waals surface area contributed by atoms with Crippen molar-refractivity contribution >= 4 is 56.5 Å². The molecular weight excluding hydrogens is 534 g/mol. The van der Waals surface area contributed by atoms with Gasteiger partial charge in [0.05, 0.1) is 16.9 Å². The van der Waals surface area contributed by atoms with E-state index in [0.717, 1.165) is 16.2 Å². The Morgan fingerprint density at radius 1 is 0.850 bits per heavy atom. The van der Waals surface area contributed by atoms with Gasteiger partial charge in [0.2, 0.25) is 0 Å². The molecule has 0 saturated carbocycles. The number of nitrogens with one attached hydrogen (secondary N) is 4. The third-order valence-corrected chi connectivity index (χ3v) is 6.43. The summed E-state index contributed by atoms with van der Waals surface area (Å²) in [7, 11) is 0. The molecule has 2 amide bonds. The summed E-state index contributed by atoms with van der Waals surface area (Å²) in [5.41, 5.74) is 2.05. The van der Waals surface area contributed by atoms with Crippen molar-refractivity contribution in [1.29, 1.82) is 0 Å². The van der Waals surface area contributed by atoms with Gasteiger partial charge in [-0.05, 0) is 53.2 Å². The summed E-state index contributed by atoms with van der Waals surface area (Å²) in [5, 5.41) is 12.5. The first kappa shape index (κ1) is 25.0. The Labute approximate surface area is 230 Å². The quantitative estimate of drug-likeness (QED) is 0.203. The lowest BCUT2D eigenvalue weighted by molar-refractivity contribution is -0.118. The summed E-state index contributed by atoms with van der Waals surface area (Å²) in [4.78, 5) is 42.8. The highest BCUT2D eigenvalue weighted by Crippen LogP contribution is 2.30. The number of carbonyl (C=O) groups is 2. The van der Waals surface area contributed by atoms with Crippen molar-refractivity contribution in [3.8, 4) is 17.1 Å². The summed E-state index contributed by atoms with van der Waals surface area (Å²) >= 11 is 6.11. The number of rotatable bonds is 7. The van der Waals surface area contributed by atoms with Crippen molar-refractivity contribution in [2.75, 3.05) is 17.2 Å². The first-order chi connectivity index (χ1) is 19.4. The van der Waals surface area contributed by atoms with Crippen LogP contribution in [0, 0.1) is 0 Å². The minimum Gasteiger partial charge on any atom is -0.484 e. The first-order valence-corrected chi connectivity index (χ1v) is 12.5. The highest BCUT2D eigenvalue weighted by atomic mass is 35.5. The predicted octanol–water partition coefficient (Wildman–Crippen LogP) is 5.59. The fourth-order valence-electron chi connectivity index (χ4n) is 4.33. The maximum Gasteiger partial charge on any atom is 0.439 e. The van der Waals surface area contributed by atoms with Crippen molar-refractivity contribution in [3.05, 3.63) is 106 Å². The molecule has 0 radical (unpaired) electrons. The molecule has 11 heteroatoms. The number of ether oxygens (including phenoxy) is 1. The Hall–Kier alpha value is -5.35. The smallest absolute Gasteiger partial charge is 0.439 e. The number of amides is 2. The van der Waals surface area contributed by atoms with Crippen molar-refractivity contribution in [2.45, 2.75) is 0 Å². The van der Waals surface area contributed by atoms with Gasteiger partial charge in [0.15, 0.2) is 12.4 Å². The van der Waals surface area contributed by atoms with Gasteiger partial charge in [-0.3, -0.25) is 19.1 Å². The van der Waals surface area contributed by atoms with Crippen LogP contribution in [0.2, 0.25) is 5.02 Å². The molecule has 0 spiro atoms. The lowest BCUT2D eigenvalue weighted by Crippen LogP contribution is -2.20. The topological polar surface area (TPSA) is 142 Å². The zero-order chi connectivity index (χ0) is 27.6. The average Bonchev–Trinajstić information content (AvgIpc) is 3.60. The molecule has 0 atom stereocenters. The van der Waals surface area contributed by atoms with Crippen LogP contribution < -0.4 is 21.1 Å². The average molecular weight is 554 g/mol. The molecule has 0 aliphatic carbocycles. The largest absolute Gasteiger partial charge is 0.484 e. The molecule has 2 aromatic heterocycles. The molecule has 0 unspecified atom stereocenters. The van der Waals surface area contributed by atoms with Crippen LogP contribution in [0.5, 0.6) is 5.75 Å². The second-order valence-corrected chi connectivity index (χ2v) is 9.32. The van der Waals surface area contributed by atoms with E-state index in [2.05, 4.69) is 30.3 Å². The summed E-state index contributed by atoms with van der Waals surface area (Å²) in [6, 6.07) is 25.2. The number of para-hydroxylation sites is 1. The van der Waals surface area contributed by atoms with E-state index >= 15 is 0 Å². The van der Waals surface area contributed by atoms with Crippen molar-refractivity contribution in [2.24, 2.45) is 0 Å². The van der Waals surface area contributed by atoms with Crippen LogP contribution in [-0.4, -0.2) is 33.5 Å². The molecule has 0 aliphatic rings. The molecule has 0 saturated heterocycles. The molecule has 40 heavy (non-hydrogen) atoms. The molecule has 10 nitrogen and oxygen atoms in total. The number of aromatic nitrogens is 3. The summed E-state index contributed by atoms with van der Waals surface area (Å²) in [6.07, 6.45) is 0. The number of halogens is 1. The Bertz CT molecular complexity index is 1960. The number of anilines is 2. The van der Waals surface area contributed by atoms with Gasteiger partial charge in [-0.1, -0.05) is 59.2 Å². The van der Waals surface area contributed by atoms with E-state index in [1.165, 1.54) is 0 Å². The fraction of sp³-hybridized carbons (Fsp3) is 0.0345. The summed E-state index contributed by atoms with van der Waals surface area (Å²) in [6.45, 7) is -0.188. The van der Waals surface area contributed by atoms with Gasteiger partial charge in [-0.15, -0.1) is 0 Å². The minimum atomic E-state index is -0.736. The molecular formula is C29H20ClN5O5. The maximum atomic E-state index is 13.1. The highest BCUT2D eigenvalue weighted by molar-refractivity contribution is 6.31. The SMILES string of the molecule is O=C(COc1ccc2ccccc2c1)Nc1cccc2cc(C(=O)Nc3ccc(Cl)cc3-c3noc(=O)[nH]3)[nH]c12. The number of carbonyl (C=O) groups excluding carboxylic acids is 2. The zero-order valence-electron chi connectivity index (χ0n) is 20.7. The van der Waals surface area contributed by atoms with Crippen LogP contribution in [0.15, 0.2) is 94.2 Å². The van der Waals surface area contributed by atoms with Gasteiger partial charge in [-0.2, -0.15) is 0 Å². The van der Waals surface area contributed by atoms with Crippen LogP contribution >= 0.6 is 11.6 Å². The van der Waals surface area contributed by atoms with E-state index in [-0.39, 0.29) is 24.0 Å². The van der Waals surface area contributed by atoms with E-state index in [9.17, 15) is 14.4 Å². The Morgan fingerprint density at radius 3 is 2.50 bits per heavy atom. The number of benzene rings is 4. The van der Waals surface area contributed by atoms with Crippen LogP contribution in [0.4, 0.5) is 11.4 Å². The monoisotopic (exact) mass is 553 g/mol. The van der Waals surface area contributed by atoms with Crippen LogP contribution in [-0.2, 0) is 4.79 Å². The molecule has 0 bridgehead atoms. The van der Waals surface area contributed by atoms with Gasteiger partial charge < -0.3 is 20.4 Å². The Kier molecular flexibility index (Phi) is 6.51. The molecule has 198 valence electrons. The molecule has 0 fully saturated rings. The fourth-order valence-corrected chi connectivity index (χ4v) is 4.50. The van der Waals surface area contributed by atoms with Crippen LogP contribution in [0.1, 0.15) is 10.5 Å². The molecule has 4 aromatic carbocycles. The van der Waals surface area contributed by atoms with E-state index in [1.54, 1.807) is 36.4 Å². The van der Waals surface area contributed by atoms with Gasteiger partial charge in [0.1, 0.15) is 11.4 Å².